The summed E-state index contributed by atoms with van der Waals surface area (Å²) in [5.74, 6) is -1.17. The molecule has 0 radical (unpaired) electrons. The fourth-order valence-electron chi connectivity index (χ4n) is 3.65. The zero-order valence-corrected chi connectivity index (χ0v) is 15.8. The van der Waals surface area contributed by atoms with Crippen LogP contribution in [0.15, 0.2) is 30.3 Å². The maximum atomic E-state index is 12.3. The third kappa shape index (κ3) is 4.46. The molecule has 1 heterocycles. The Labute approximate surface area is 145 Å². The minimum Gasteiger partial charge on any atom is -0.393 e. The first-order valence-electron chi connectivity index (χ1n) is 8.79. The standard InChI is InChI=1S/C21H30O3/c1-20(2,3)13-16-15(18(22)24-19(16)23)12-17(21(4,5)6)14-10-8-7-9-11-14/h7-11,15-17H,12-13H2,1-6H3. The Balaban J connectivity index is 2.29. The summed E-state index contributed by atoms with van der Waals surface area (Å²) in [5, 5.41) is 0. The molecule has 3 unspecified atom stereocenters. The minimum absolute atomic E-state index is 0.000443. The summed E-state index contributed by atoms with van der Waals surface area (Å²) in [6.45, 7) is 12.8. The molecule has 1 aliphatic heterocycles. The molecule has 0 bridgehead atoms. The van der Waals surface area contributed by atoms with E-state index in [0.29, 0.717) is 12.8 Å². The van der Waals surface area contributed by atoms with E-state index in [-0.39, 0.29) is 40.5 Å². The summed E-state index contributed by atoms with van der Waals surface area (Å²) in [6.07, 6.45) is 1.33. The van der Waals surface area contributed by atoms with Crippen molar-refractivity contribution in [3.8, 4) is 0 Å². The van der Waals surface area contributed by atoms with E-state index in [1.54, 1.807) is 0 Å². The first kappa shape index (κ1) is 18.7. The number of ether oxygens (including phenoxy) is 1. The molecule has 1 aromatic rings. The van der Waals surface area contributed by atoms with E-state index < -0.39 is 0 Å². The van der Waals surface area contributed by atoms with E-state index >= 15 is 0 Å². The van der Waals surface area contributed by atoms with Crippen molar-refractivity contribution in [1.29, 1.82) is 0 Å². The number of esters is 2. The van der Waals surface area contributed by atoms with E-state index in [9.17, 15) is 9.59 Å². The van der Waals surface area contributed by atoms with Crippen LogP contribution in [0.3, 0.4) is 0 Å². The van der Waals surface area contributed by atoms with Crippen LogP contribution in [0.1, 0.15) is 65.9 Å². The van der Waals surface area contributed by atoms with Crippen LogP contribution in [-0.4, -0.2) is 11.9 Å². The van der Waals surface area contributed by atoms with Crippen molar-refractivity contribution >= 4 is 11.9 Å². The zero-order chi connectivity index (χ0) is 18.1. The first-order valence-corrected chi connectivity index (χ1v) is 8.79. The van der Waals surface area contributed by atoms with Gasteiger partial charge in [0.2, 0.25) is 0 Å². The second kappa shape index (κ2) is 6.70. The zero-order valence-electron chi connectivity index (χ0n) is 15.8. The maximum Gasteiger partial charge on any atom is 0.317 e. The lowest BCUT2D eigenvalue weighted by molar-refractivity contribution is -0.154. The Hall–Kier alpha value is -1.64. The molecule has 0 aromatic heterocycles. The van der Waals surface area contributed by atoms with Gasteiger partial charge in [-0.1, -0.05) is 71.9 Å². The third-order valence-electron chi connectivity index (χ3n) is 4.86. The van der Waals surface area contributed by atoms with Gasteiger partial charge in [-0.15, -0.1) is 0 Å². The largest absolute Gasteiger partial charge is 0.393 e. The molecule has 1 aliphatic rings. The highest BCUT2D eigenvalue weighted by Crippen LogP contribution is 2.45. The van der Waals surface area contributed by atoms with Crippen LogP contribution in [0.5, 0.6) is 0 Å². The number of cyclic esters (lactones) is 2. The predicted molar refractivity (Wildman–Crippen MR) is 95.4 cm³/mol. The number of hydrogen-bond donors (Lipinski definition) is 0. The molecule has 132 valence electrons. The molecule has 1 aromatic carbocycles. The average molecular weight is 330 g/mol. The topological polar surface area (TPSA) is 43.4 Å². The van der Waals surface area contributed by atoms with Gasteiger partial charge in [-0.25, -0.2) is 0 Å². The van der Waals surface area contributed by atoms with Gasteiger partial charge in [-0.05, 0) is 35.2 Å². The first-order chi connectivity index (χ1) is 11.0. The van der Waals surface area contributed by atoms with Crippen molar-refractivity contribution in [3.05, 3.63) is 35.9 Å². The Bertz CT molecular complexity index is 590. The van der Waals surface area contributed by atoms with Gasteiger partial charge in [0.25, 0.3) is 0 Å². The Morgan fingerprint density at radius 1 is 0.917 bits per heavy atom. The third-order valence-corrected chi connectivity index (χ3v) is 4.86. The lowest BCUT2D eigenvalue weighted by Gasteiger charge is -2.34. The van der Waals surface area contributed by atoms with Crippen LogP contribution < -0.4 is 0 Å². The van der Waals surface area contributed by atoms with Crippen LogP contribution in [0.2, 0.25) is 0 Å². The van der Waals surface area contributed by atoms with Crippen LogP contribution in [0.25, 0.3) is 0 Å². The van der Waals surface area contributed by atoms with Gasteiger partial charge in [0, 0.05) is 0 Å². The van der Waals surface area contributed by atoms with Crippen molar-refractivity contribution in [2.75, 3.05) is 0 Å². The van der Waals surface area contributed by atoms with E-state index in [4.69, 9.17) is 4.74 Å². The van der Waals surface area contributed by atoms with E-state index in [1.165, 1.54) is 5.56 Å². The smallest absolute Gasteiger partial charge is 0.317 e. The normalized spacial score (nSPS) is 23.2. The molecular formula is C21H30O3. The molecule has 3 heteroatoms. The van der Waals surface area contributed by atoms with Crippen molar-refractivity contribution in [2.45, 2.75) is 60.3 Å². The van der Waals surface area contributed by atoms with Crippen molar-refractivity contribution in [3.63, 3.8) is 0 Å². The Morgan fingerprint density at radius 2 is 1.46 bits per heavy atom. The highest BCUT2D eigenvalue weighted by Gasteiger charge is 2.47. The SMILES string of the molecule is CC(C)(C)CC1C(=O)OC(=O)C1CC(c1ccccc1)C(C)(C)C. The van der Waals surface area contributed by atoms with Gasteiger partial charge in [0.05, 0.1) is 11.8 Å². The van der Waals surface area contributed by atoms with E-state index in [1.807, 2.05) is 18.2 Å². The van der Waals surface area contributed by atoms with Crippen LogP contribution in [-0.2, 0) is 14.3 Å². The molecule has 0 saturated carbocycles. The molecule has 0 aliphatic carbocycles. The van der Waals surface area contributed by atoms with Crippen LogP contribution >= 0.6 is 0 Å². The number of benzene rings is 1. The molecule has 0 spiro atoms. The molecule has 2 rings (SSSR count). The monoisotopic (exact) mass is 330 g/mol. The molecular weight excluding hydrogens is 300 g/mol. The number of rotatable bonds is 4. The van der Waals surface area contributed by atoms with Gasteiger partial charge in [-0.3, -0.25) is 9.59 Å². The molecule has 0 N–H and O–H groups in total. The quantitative estimate of drug-likeness (QED) is 0.579. The lowest BCUT2D eigenvalue weighted by Crippen LogP contribution is -2.28. The van der Waals surface area contributed by atoms with Gasteiger partial charge < -0.3 is 4.74 Å². The van der Waals surface area contributed by atoms with Crippen LogP contribution in [0, 0.1) is 22.7 Å². The van der Waals surface area contributed by atoms with Gasteiger partial charge in [0.1, 0.15) is 0 Å². The molecule has 3 atom stereocenters. The summed E-state index contributed by atoms with van der Waals surface area (Å²) in [6, 6.07) is 10.3. The summed E-state index contributed by atoms with van der Waals surface area (Å²) in [7, 11) is 0. The van der Waals surface area contributed by atoms with E-state index in [2.05, 4.69) is 53.7 Å². The van der Waals surface area contributed by atoms with Crippen LogP contribution in [0.4, 0.5) is 0 Å². The number of carbonyl (C=O) groups is 2. The average Bonchev–Trinajstić information content (AvgIpc) is 2.68. The van der Waals surface area contributed by atoms with Gasteiger partial charge in [-0.2, -0.15) is 0 Å². The number of carbonyl (C=O) groups excluding carboxylic acids is 2. The maximum absolute atomic E-state index is 12.3. The fourth-order valence-corrected chi connectivity index (χ4v) is 3.65. The Kier molecular flexibility index (Phi) is 5.22. The summed E-state index contributed by atoms with van der Waals surface area (Å²) in [5.41, 5.74) is 1.20. The predicted octanol–water partition coefficient (Wildman–Crippen LogP) is 4.96. The molecule has 0 amide bonds. The molecule has 1 saturated heterocycles. The molecule has 1 fully saturated rings. The minimum atomic E-state index is -0.348. The summed E-state index contributed by atoms with van der Waals surface area (Å²) < 4.78 is 5.00. The van der Waals surface area contributed by atoms with Gasteiger partial charge >= 0.3 is 11.9 Å². The Morgan fingerprint density at radius 3 is 1.96 bits per heavy atom. The second-order valence-electron chi connectivity index (χ2n) is 9.28. The highest BCUT2D eigenvalue weighted by molar-refractivity contribution is 5.96. The summed E-state index contributed by atoms with van der Waals surface area (Å²) in [4.78, 5) is 24.5. The van der Waals surface area contributed by atoms with Crippen molar-refractivity contribution in [2.24, 2.45) is 22.7 Å². The van der Waals surface area contributed by atoms with Crippen molar-refractivity contribution in [1.82, 2.24) is 0 Å². The second-order valence-corrected chi connectivity index (χ2v) is 9.28. The highest BCUT2D eigenvalue weighted by atomic mass is 16.6. The fraction of sp³-hybridized carbons (Fsp3) is 0.619. The summed E-state index contributed by atoms with van der Waals surface area (Å²) >= 11 is 0. The van der Waals surface area contributed by atoms with E-state index in [0.717, 1.165) is 0 Å². The molecule has 24 heavy (non-hydrogen) atoms. The molecule has 3 nitrogen and oxygen atoms in total. The van der Waals surface area contributed by atoms with Gasteiger partial charge in [0.15, 0.2) is 0 Å². The number of hydrogen-bond acceptors (Lipinski definition) is 3. The lowest BCUT2D eigenvalue weighted by atomic mass is 9.69. The van der Waals surface area contributed by atoms with Crippen molar-refractivity contribution < 1.29 is 14.3 Å².